The van der Waals surface area contributed by atoms with Gasteiger partial charge in [-0.3, -0.25) is 0 Å². The van der Waals surface area contributed by atoms with Gasteiger partial charge in [0.1, 0.15) is 5.75 Å². The van der Waals surface area contributed by atoms with E-state index in [0.717, 1.165) is 11.1 Å². The van der Waals surface area contributed by atoms with Crippen molar-refractivity contribution in [3.05, 3.63) is 42.0 Å². The number of benzene rings is 1. The molecule has 1 rings (SSSR count). The number of carboxylic acid groups (broad SMARTS) is 1. The van der Waals surface area contributed by atoms with Gasteiger partial charge in [0.25, 0.3) is 0 Å². The molecule has 0 spiro atoms. The highest BCUT2D eigenvalue weighted by Crippen LogP contribution is 2.17. The van der Waals surface area contributed by atoms with E-state index in [9.17, 15) is 4.79 Å². The lowest BCUT2D eigenvalue weighted by atomic mass is 10.1. The van der Waals surface area contributed by atoms with E-state index in [0.29, 0.717) is 12.2 Å². The standard InChI is InChI=1S/C13H16O3/c1-9(2)7-12(13(14)15)16-11-6-4-5-10(3)8-11/h4-6,8,12H,1,7H2,2-3H3,(H,14,15). The Morgan fingerprint density at radius 3 is 2.75 bits per heavy atom. The summed E-state index contributed by atoms with van der Waals surface area (Å²) >= 11 is 0. The van der Waals surface area contributed by atoms with E-state index in [1.807, 2.05) is 25.1 Å². The molecule has 1 atom stereocenters. The minimum absolute atomic E-state index is 0.323. The minimum atomic E-state index is -0.968. The summed E-state index contributed by atoms with van der Waals surface area (Å²) < 4.78 is 5.41. The van der Waals surface area contributed by atoms with Crippen LogP contribution in [0.3, 0.4) is 0 Å². The van der Waals surface area contributed by atoms with Crippen LogP contribution in [-0.2, 0) is 4.79 Å². The number of rotatable bonds is 5. The van der Waals surface area contributed by atoms with Crippen LogP contribution in [0.15, 0.2) is 36.4 Å². The van der Waals surface area contributed by atoms with Gasteiger partial charge in [0.15, 0.2) is 6.10 Å². The maximum atomic E-state index is 11.0. The molecule has 1 aromatic carbocycles. The van der Waals surface area contributed by atoms with E-state index >= 15 is 0 Å². The average molecular weight is 220 g/mol. The van der Waals surface area contributed by atoms with E-state index in [4.69, 9.17) is 9.84 Å². The number of hydrogen-bond donors (Lipinski definition) is 1. The van der Waals surface area contributed by atoms with Crippen LogP contribution in [0, 0.1) is 6.92 Å². The molecule has 0 bridgehead atoms. The van der Waals surface area contributed by atoms with Crippen LogP contribution in [0.25, 0.3) is 0 Å². The number of aliphatic carboxylic acids is 1. The van der Waals surface area contributed by atoms with Crippen molar-refractivity contribution < 1.29 is 14.6 Å². The van der Waals surface area contributed by atoms with Crippen molar-refractivity contribution in [3.63, 3.8) is 0 Å². The molecule has 0 heterocycles. The molecule has 0 aliphatic rings. The smallest absolute Gasteiger partial charge is 0.345 e. The van der Waals surface area contributed by atoms with E-state index < -0.39 is 12.1 Å². The second-order valence-electron chi connectivity index (χ2n) is 3.92. The molecule has 0 radical (unpaired) electrons. The van der Waals surface area contributed by atoms with E-state index in [1.165, 1.54) is 0 Å². The summed E-state index contributed by atoms with van der Waals surface area (Å²) in [6, 6.07) is 7.33. The Morgan fingerprint density at radius 1 is 1.56 bits per heavy atom. The number of aryl methyl sites for hydroxylation is 1. The number of carboxylic acids is 1. The van der Waals surface area contributed by atoms with Crippen molar-refractivity contribution in [1.82, 2.24) is 0 Å². The van der Waals surface area contributed by atoms with Gasteiger partial charge in [-0.25, -0.2) is 4.79 Å². The van der Waals surface area contributed by atoms with Crippen LogP contribution >= 0.6 is 0 Å². The second kappa shape index (κ2) is 5.35. The van der Waals surface area contributed by atoms with Gasteiger partial charge in [0, 0.05) is 6.42 Å². The highest BCUT2D eigenvalue weighted by molar-refractivity contribution is 5.73. The number of carbonyl (C=O) groups is 1. The zero-order valence-corrected chi connectivity index (χ0v) is 9.56. The van der Waals surface area contributed by atoms with Crippen LogP contribution in [0.2, 0.25) is 0 Å². The van der Waals surface area contributed by atoms with Crippen molar-refractivity contribution in [1.29, 1.82) is 0 Å². The van der Waals surface area contributed by atoms with Crippen molar-refractivity contribution in [3.8, 4) is 5.75 Å². The second-order valence-corrected chi connectivity index (χ2v) is 3.92. The first-order valence-corrected chi connectivity index (χ1v) is 5.09. The average Bonchev–Trinajstić information content (AvgIpc) is 2.15. The van der Waals surface area contributed by atoms with Gasteiger partial charge < -0.3 is 9.84 Å². The molecule has 1 aromatic rings. The Morgan fingerprint density at radius 2 is 2.25 bits per heavy atom. The Hall–Kier alpha value is -1.77. The molecule has 0 saturated carbocycles. The summed E-state index contributed by atoms with van der Waals surface area (Å²) in [5, 5.41) is 8.99. The highest BCUT2D eigenvalue weighted by Gasteiger charge is 2.19. The fourth-order valence-corrected chi connectivity index (χ4v) is 1.35. The van der Waals surface area contributed by atoms with Gasteiger partial charge in [0.2, 0.25) is 0 Å². The molecule has 86 valence electrons. The Bertz CT molecular complexity index is 396. The third kappa shape index (κ3) is 3.77. The lowest BCUT2D eigenvalue weighted by Crippen LogP contribution is -2.27. The maximum Gasteiger partial charge on any atom is 0.345 e. The van der Waals surface area contributed by atoms with Crippen LogP contribution in [0.1, 0.15) is 18.9 Å². The molecule has 0 fully saturated rings. The summed E-state index contributed by atoms with van der Waals surface area (Å²) in [7, 11) is 0. The predicted octanol–water partition coefficient (Wildman–Crippen LogP) is 2.79. The van der Waals surface area contributed by atoms with Gasteiger partial charge >= 0.3 is 5.97 Å². The van der Waals surface area contributed by atoms with Gasteiger partial charge in [-0.15, -0.1) is 0 Å². The van der Waals surface area contributed by atoms with Gasteiger partial charge in [0.05, 0.1) is 0 Å². The van der Waals surface area contributed by atoms with Gasteiger partial charge in [-0.1, -0.05) is 24.3 Å². The molecule has 16 heavy (non-hydrogen) atoms. The van der Waals surface area contributed by atoms with Crippen LogP contribution < -0.4 is 4.74 Å². The molecular weight excluding hydrogens is 204 g/mol. The lowest BCUT2D eigenvalue weighted by Gasteiger charge is -2.15. The summed E-state index contributed by atoms with van der Waals surface area (Å²) in [5.41, 5.74) is 1.83. The van der Waals surface area contributed by atoms with Gasteiger partial charge in [-0.05, 0) is 31.5 Å². The van der Waals surface area contributed by atoms with Crippen molar-refractivity contribution in [2.45, 2.75) is 26.4 Å². The largest absolute Gasteiger partial charge is 0.478 e. The first kappa shape index (κ1) is 12.3. The number of hydrogen-bond acceptors (Lipinski definition) is 2. The highest BCUT2D eigenvalue weighted by atomic mass is 16.5. The quantitative estimate of drug-likeness (QED) is 0.776. The summed E-state index contributed by atoms with van der Waals surface area (Å²) in [5.74, 6) is -0.391. The Balaban J connectivity index is 2.75. The summed E-state index contributed by atoms with van der Waals surface area (Å²) in [6.45, 7) is 7.41. The van der Waals surface area contributed by atoms with Crippen molar-refractivity contribution in [2.75, 3.05) is 0 Å². The molecular formula is C13H16O3. The predicted molar refractivity (Wildman–Crippen MR) is 62.7 cm³/mol. The van der Waals surface area contributed by atoms with Crippen LogP contribution in [0.4, 0.5) is 0 Å². The summed E-state index contributed by atoms with van der Waals surface area (Å²) in [4.78, 5) is 11.0. The normalized spacial score (nSPS) is 11.9. The Labute approximate surface area is 95.4 Å². The molecule has 0 amide bonds. The molecule has 3 nitrogen and oxygen atoms in total. The molecule has 1 N–H and O–H groups in total. The minimum Gasteiger partial charge on any atom is -0.478 e. The molecule has 0 aliphatic carbocycles. The van der Waals surface area contributed by atoms with E-state index in [2.05, 4.69) is 6.58 Å². The number of ether oxygens (including phenoxy) is 1. The fraction of sp³-hybridized carbons (Fsp3) is 0.308. The maximum absolute atomic E-state index is 11.0. The SMILES string of the molecule is C=C(C)CC(Oc1cccc(C)c1)C(=O)O. The molecule has 0 aliphatic heterocycles. The third-order valence-corrected chi connectivity index (χ3v) is 2.08. The molecule has 3 heteroatoms. The fourth-order valence-electron chi connectivity index (χ4n) is 1.35. The van der Waals surface area contributed by atoms with Crippen molar-refractivity contribution >= 4 is 5.97 Å². The topological polar surface area (TPSA) is 46.5 Å². The van der Waals surface area contributed by atoms with Crippen LogP contribution in [0.5, 0.6) is 5.75 Å². The first-order valence-electron chi connectivity index (χ1n) is 5.09. The van der Waals surface area contributed by atoms with E-state index in [-0.39, 0.29) is 0 Å². The molecule has 0 aromatic heterocycles. The zero-order chi connectivity index (χ0) is 12.1. The van der Waals surface area contributed by atoms with E-state index in [1.54, 1.807) is 13.0 Å². The molecule has 0 saturated heterocycles. The van der Waals surface area contributed by atoms with Gasteiger partial charge in [-0.2, -0.15) is 0 Å². The Kier molecular flexibility index (Phi) is 4.11. The first-order chi connectivity index (χ1) is 7.49. The zero-order valence-electron chi connectivity index (χ0n) is 9.56. The lowest BCUT2D eigenvalue weighted by molar-refractivity contribution is -0.145. The molecule has 1 unspecified atom stereocenters. The monoisotopic (exact) mass is 220 g/mol. The summed E-state index contributed by atoms with van der Waals surface area (Å²) in [6.07, 6.45) is -0.539. The third-order valence-electron chi connectivity index (χ3n) is 2.08. The van der Waals surface area contributed by atoms with Crippen LogP contribution in [-0.4, -0.2) is 17.2 Å². The van der Waals surface area contributed by atoms with Crippen molar-refractivity contribution in [2.24, 2.45) is 0 Å².